The predicted octanol–water partition coefficient (Wildman–Crippen LogP) is 5.89. The van der Waals surface area contributed by atoms with Crippen molar-refractivity contribution in [1.29, 1.82) is 5.26 Å². The van der Waals surface area contributed by atoms with E-state index in [0.717, 1.165) is 35.1 Å². The van der Waals surface area contributed by atoms with Crippen LogP contribution in [0.2, 0.25) is 0 Å². The van der Waals surface area contributed by atoms with Gasteiger partial charge in [-0.05, 0) is 64.9 Å². The molecule has 0 spiro atoms. The number of carbonyl (C=O) groups is 1. The fourth-order valence-electron chi connectivity index (χ4n) is 3.94. The van der Waals surface area contributed by atoms with Crippen molar-refractivity contribution < 1.29 is 4.79 Å². The van der Waals surface area contributed by atoms with Gasteiger partial charge in [-0.25, -0.2) is 5.32 Å². The number of rotatable bonds is 10. The molecule has 1 radical (unpaired) electrons. The summed E-state index contributed by atoms with van der Waals surface area (Å²) in [6, 6.07) is 36.0. The summed E-state index contributed by atoms with van der Waals surface area (Å²) in [7, 11) is 0. The smallest absolute Gasteiger partial charge is 0.251 e. The lowest BCUT2D eigenvalue weighted by atomic mass is 10.0. The van der Waals surface area contributed by atoms with Gasteiger partial charge in [-0.1, -0.05) is 78.9 Å². The summed E-state index contributed by atoms with van der Waals surface area (Å²) in [6.07, 6.45) is 1.86. The van der Waals surface area contributed by atoms with Gasteiger partial charge in [0.2, 0.25) is 0 Å². The third kappa shape index (κ3) is 7.14. The maximum Gasteiger partial charge on any atom is 0.251 e. The molecule has 0 saturated heterocycles. The van der Waals surface area contributed by atoms with Crippen molar-refractivity contribution in [1.82, 2.24) is 10.6 Å². The van der Waals surface area contributed by atoms with Gasteiger partial charge in [-0.15, -0.1) is 0 Å². The summed E-state index contributed by atoms with van der Waals surface area (Å²) in [5.41, 5.74) is 6.85. The second kappa shape index (κ2) is 12.3. The van der Waals surface area contributed by atoms with E-state index in [-0.39, 0.29) is 5.91 Å². The Kier molecular flexibility index (Phi) is 8.42. The lowest BCUT2D eigenvalue weighted by Crippen LogP contribution is -2.24. The standard InChI is InChI=1S/C31H28N3O/c32-21-26-9-4-10-27(19-26)23-33-22-25-14-16-28(17-15-25)29-12-5-13-30(20-29)31(35)34-18-6-11-24-7-2-1-3-8-24/h1-5,7-10,12-17,19-20H,6,11,18,22-23H2,(H,34,35). The molecule has 4 rings (SSSR count). The van der Waals surface area contributed by atoms with Crippen molar-refractivity contribution in [2.24, 2.45) is 0 Å². The van der Waals surface area contributed by atoms with E-state index in [1.165, 1.54) is 5.56 Å². The Hall–Kier alpha value is -4.20. The van der Waals surface area contributed by atoms with Gasteiger partial charge in [0.1, 0.15) is 0 Å². The summed E-state index contributed by atoms with van der Waals surface area (Å²) in [4.78, 5) is 12.6. The van der Waals surface area contributed by atoms with Crippen LogP contribution in [0.4, 0.5) is 0 Å². The van der Waals surface area contributed by atoms with E-state index in [0.29, 0.717) is 30.8 Å². The molecule has 0 aliphatic rings. The lowest BCUT2D eigenvalue weighted by molar-refractivity contribution is 0.0953. The van der Waals surface area contributed by atoms with E-state index >= 15 is 0 Å². The van der Waals surface area contributed by atoms with E-state index < -0.39 is 0 Å². The number of benzene rings is 4. The summed E-state index contributed by atoms with van der Waals surface area (Å²) in [5, 5.41) is 16.7. The van der Waals surface area contributed by atoms with Crippen molar-refractivity contribution in [3.8, 4) is 17.2 Å². The van der Waals surface area contributed by atoms with Gasteiger partial charge < -0.3 is 5.32 Å². The highest BCUT2D eigenvalue weighted by Crippen LogP contribution is 2.21. The van der Waals surface area contributed by atoms with Crippen molar-refractivity contribution in [3.63, 3.8) is 0 Å². The SMILES string of the molecule is N#Cc1cccc(C[N]Cc2ccc(-c3cccc(C(=O)NCCCc4ccccc4)c3)cc2)c1. The Morgan fingerprint density at radius 3 is 2.29 bits per heavy atom. The number of nitrogens with one attached hydrogen (secondary N) is 1. The summed E-state index contributed by atoms with van der Waals surface area (Å²) >= 11 is 0. The fourth-order valence-corrected chi connectivity index (χ4v) is 3.94. The Labute approximate surface area is 207 Å². The van der Waals surface area contributed by atoms with E-state index in [4.69, 9.17) is 5.26 Å². The first-order valence-electron chi connectivity index (χ1n) is 11.8. The first kappa shape index (κ1) is 23.9. The second-order valence-corrected chi connectivity index (χ2v) is 8.47. The van der Waals surface area contributed by atoms with Crippen molar-refractivity contribution in [3.05, 3.63) is 131 Å². The zero-order valence-corrected chi connectivity index (χ0v) is 19.7. The highest BCUT2D eigenvalue weighted by Gasteiger charge is 2.07. The van der Waals surface area contributed by atoms with Crippen molar-refractivity contribution in [2.75, 3.05) is 6.54 Å². The monoisotopic (exact) mass is 458 g/mol. The minimum Gasteiger partial charge on any atom is -0.352 e. The number of aryl methyl sites for hydroxylation is 1. The van der Waals surface area contributed by atoms with E-state index in [2.05, 4.69) is 53.1 Å². The molecular weight excluding hydrogens is 430 g/mol. The second-order valence-electron chi connectivity index (χ2n) is 8.47. The van der Waals surface area contributed by atoms with Crippen LogP contribution < -0.4 is 10.6 Å². The van der Waals surface area contributed by atoms with E-state index in [1.54, 1.807) is 6.07 Å². The first-order chi connectivity index (χ1) is 17.2. The maximum absolute atomic E-state index is 12.6. The Bertz CT molecular complexity index is 1290. The van der Waals surface area contributed by atoms with E-state index in [1.807, 2.05) is 60.7 Å². The van der Waals surface area contributed by atoms with Gasteiger partial charge in [-0.2, -0.15) is 5.26 Å². The molecule has 0 fully saturated rings. The number of nitriles is 1. The molecule has 1 amide bonds. The third-order valence-electron chi connectivity index (χ3n) is 5.83. The maximum atomic E-state index is 12.6. The molecule has 173 valence electrons. The van der Waals surface area contributed by atoms with Crippen LogP contribution in [0.15, 0.2) is 103 Å². The number of hydrogen-bond acceptors (Lipinski definition) is 2. The van der Waals surface area contributed by atoms with Gasteiger partial charge in [0, 0.05) is 25.2 Å². The van der Waals surface area contributed by atoms with Crippen LogP contribution in [0.1, 0.15) is 39.0 Å². The Morgan fingerprint density at radius 1 is 0.743 bits per heavy atom. The number of hydrogen-bond donors (Lipinski definition) is 1. The lowest BCUT2D eigenvalue weighted by Gasteiger charge is -2.09. The molecule has 0 atom stereocenters. The molecule has 4 heteroatoms. The number of amides is 1. The molecule has 35 heavy (non-hydrogen) atoms. The number of carbonyl (C=O) groups excluding carboxylic acids is 1. The third-order valence-corrected chi connectivity index (χ3v) is 5.83. The van der Waals surface area contributed by atoms with Crippen LogP contribution in [-0.2, 0) is 19.5 Å². The average molecular weight is 459 g/mol. The summed E-state index contributed by atoms with van der Waals surface area (Å²) in [5.74, 6) is -0.0456. The van der Waals surface area contributed by atoms with Crippen molar-refractivity contribution >= 4 is 5.91 Å². The van der Waals surface area contributed by atoms with Crippen LogP contribution in [0.5, 0.6) is 0 Å². The highest BCUT2D eigenvalue weighted by molar-refractivity contribution is 5.95. The molecule has 4 aromatic rings. The van der Waals surface area contributed by atoms with Crippen LogP contribution >= 0.6 is 0 Å². The molecule has 1 N–H and O–H groups in total. The van der Waals surface area contributed by atoms with Gasteiger partial charge >= 0.3 is 0 Å². The zero-order valence-electron chi connectivity index (χ0n) is 19.7. The van der Waals surface area contributed by atoms with Gasteiger partial charge in [0.25, 0.3) is 5.91 Å². The molecule has 0 bridgehead atoms. The quantitative estimate of drug-likeness (QED) is 0.301. The molecular formula is C31H28N3O. The largest absolute Gasteiger partial charge is 0.352 e. The fraction of sp³-hybridized carbons (Fsp3) is 0.161. The molecule has 0 unspecified atom stereocenters. The average Bonchev–Trinajstić information content (AvgIpc) is 2.92. The van der Waals surface area contributed by atoms with Crippen LogP contribution in [0.3, 0.4) is 0 Å². The molecule has 4 aromatic carbocycles. The van der Waals surface area contributed by atoms with Gasteiger partial charge in [-0.3, -0.25) is 4.79 Å². The van der Waals surface area contributed by atoms with Crippen molar-refractivity contribution in [2.45, 2.75) is 25.9 Å². The summed E-state index contributed by atoms with van der Waals surface area (Å²) in [6.45, 7) is 1.85. The minimum absolute atomic E-state index is 0.0456. The topological polar surface area (TPSA) is 67.0 Å². The highest BCUT2D eigenvalue weighted by atomic mass is 16.1. The molecule has 0 aliphatic carbocycles. The molecule has 0 heterocycles. The Balaban J connectivity index is 1.28. The molecule has 0 saturated carbocycles. The van der Waals surface area contributed by atoms with Gasteiger partial charge in [0.05, 0.1) is 11.6 Å². The minimum atomic E-state index is -0.0456. The molecule has 0 aliphatic heterocycles. The molecule has 4 nitrogen and oxygen atoms in total. The normalized spacial score (nSPS) is 10.5. The molecule has 0 aromatic heterocycles. The first-order valence-corrected chi connectivity index (χ1v) is 11.8. The van der Waals surface area contributed by atoms with E-state index in [9.17, 15) is 4.79 Å². The van der Waals surface area contributed by atoms with Gasteiger partial charge in [0.15, 0.2) is 0 Å². The zero-order chi connectivity index (χ0) is 24.3. The Morgan fingerprint density at radius 2 is 1.49 bits per heavy atom. The summed E-state index contributed by atoms with van der Waals surface area (Å²) < 4.78 is 0. The van der Waals surface area contributed by atoms with Crippen LogP contribution in [0, 0.1) is 11.3 Å². The predicted molar refractivity (Wildman–Crippen MR) is 140 cm³/mol. The van der Waals surface area contributed by atoms with Crippen LogP contribution in [0.25, 0.3) is 11.1 Å². The number of nitrogens with zero attached hydrogens (tertiary/aromatic N) is 2. The van der Waals surface area contributed by atoms with Crippen LogP contribution in [-0.4, -0.2) is 12.5 Å².